The van der Waals surface area contributed by atoms with Gasteiger partial charge in [-0.15, -0.1) is 0 Å². The maximum Gasteiger partial charge on any atom is 0.337 e. The van der Waals surface area contributed by atoms with Crippen molar-refractivity contribution in [2.24, 2.45) is 0 Å². The Morgan fingerprint density at radius 2 is 1.52 bits per heavy atom. The molecule has 0 aliphatic carbocycles. The third-order valence-corrected chi connectivity index (χ3v) is 5.92. The Bertz CT molecular complexity index is 1120. The lowest BCUT2D eigenvalue weighted by molar-refractivity contribution is -0.118. The van der Waals surface area contributed by atoms with Gasteiger partial charge in [0.25, 0.3) is 5.91 Å². The Morgan fingerprint density at radius 3 is 2.00 bits per heavy atom. The van der Waals surface area contributed by atoms with E-state index in [1.165, 1.54) is 50.6 Å². The zero-order chi connectivity index (χ0) is 24.8. The van der Waals surface area contributed by atoms with E-state index in [9.17, 15) is 22.8 Å². The fourth-order valence-electron chi connectivity index (χ4n) is 2.84. The van der Waals surface area contributed by atoms with Gasteiger partial charge in [0.15, 0.2) is 6.61 Å². The smallest absolute Gasteiger partial charge is 0.337 e. The molecule has 0 saturated carbocycles. The monoisotopic (exact) mass is 478 g/mol. The van der Waals surface area contributed by atoms with Gasteiger partial charge in [-0.25, -0.2) is 22.7 Å². The summed E-state index contributed by atoms with van der Waals surface area (Å²) in [7, 11) is -1.28. The number of esters is 2. The lowest BCUT2D eigenvalue weighted by Crippen LogP contribution is -2.30. The molecular formula is C22H26N2O8S. The molecule has 0 radical (unpaired) electrons. The van der Waals surface area contributed by atoms with Gasteiger partial charge < -0.3 is 19.5 Å². The van der Waals surface area contributed by atoms with Gasteiger partial charge in [0.1, 0.15) is 5.75 Å². The van der Waals surface area contributed by atoms with Crippen molar-refractivity contribution in [1.29, 1.82) is 0 Å². The summed E-state index contributed by atoms with van der Waals surface area (Å²) < 4.78 is 41.9. The Labute approximate surface area is 192 Å². The highest BCUT2D eigenvalue weighted by Crippen LogP contribution is 2.22. The van der Waals surface area contributed by atoms with Crippen LogP contribution in [-0.2, 0) is 24.3 Å². The first-order chi connectivity index (χ1) is 15.5. The fraction of sp³-hybridized carbons (Fsp3) is 0.318. The molecule has 0 spiro atoms. The van der Waals surface area contributed by atoms with E-state index in [0.717, 1.165) is 0 Å². The number of hydrogen-bond donors (Lipinski definition) is 2. The Kier molecular flexibility index (Phi) is 8.55. The molecule has 0 atom stereocenters. The SMILES string of the molecule is COC(=O)c1cc(NC(=O)COc2ccc(S(=O)(=O)NC(C)C)cc2C)cc(C(=O)OC)c1. The summed E-state index contributed by atoms with van der Waals surface area (Å²) in [5.74, 6) is -1.62. The Hall–Kier alpha value is -3.44. The van der Waals surface area contributed by atoms with Crippen molar-refractivity contribution < 1.29 is 37.0 Å². The first kappa shape index (κ1) is 25.8. The second-order valence-electron chi connectivity index (χ2n) is 7.32. The highest BCUT2D eigenvalue weighted by molar-refractivity contribution is 7.89. The number of carbonyl (C=O) groups is 3. The van der Waals surface area contributed by atoms with Gasteiger partial charge >= 0.3 is 11.9 Å². The van der Waals surface area contributed by atoms with Gasteiger partial charge in [0, 0.05) is 11.7 Å². The third-order valence-electron chi connectivity index (χ3n) is 4.27. The van der Waals surface area contributed by atoms with Crippen LogP contribution in [0.25, 0.3) is 0 Å². The lowest BCUT2D eigenvalue weighted by Gasteiger charge is -2.13. The molecule has 2 aromatic carbocycles. The Balaban J connectivity index is 2.13. The third kappa shape index (κ3) is 7.02. The van der Waals surface area contributed by atoms with Crippen molar-refractivity contribution >= 4 is 33.6 Å². The molecule has 0 saturated heterocycles. The predicted molar refractivity (Wildman–Crippen MR) is 120 cm³/mol. The molecular weight excluding hydrogens is 452 g/mol. The van der Waals surface area contributed by atoms with Gasteiger partial charge in [0.2, 0.25) is 10.0 Å². The number of amides is 1. The Morgan fingerprint density at radius 1 is 0.939 bits per heavy atom. The number of methoxy groups -OCH3 is 2. The zero-order valence-corrected chi connectivity index (χ0v) is 19.7. The largest absolute Gasteiger partial charge is 0.483 e. The number of ether oxygens (including phenoxy) is 3. The fourth-order valence-corrected chi connectivity index (χ4v) is 4.18. The first-order valence-corrected chi connectivity index (χ1v) is 11.3. The van der Waals surface area contributed by atoms with Gasteiger partial charge in [-0.1, -0.05) is 0 Å². The van der Waals surface area contributed by atoms with Crippen LogP contribution in [0.5, 0.6) is 5.75 Å². The van der Waals surface area contributed by atoms with E-state index in [4.69, 9.17) is 4.74 Å². The average molecular weight is 479 g/mol. The number of rotatable bonds is 9. The number of aryl methyl sites for hydroxylation is 1. The van der Waals surface area contributed by atoms with E-state index in [1.807, 2.05) is 0 Å². The van der Waals surface area contributed by atoms with E-state index >= 15 is 0 Å². The van der Waals surface area contributed by atoms with Crippen LogP contribution in [0.1, 0.15) is 40.1 Å². The minimum absolute atomic E-state index is 0.0549. The zero-order valence-electron chi connectivity index (χ0n) is 18.9. The molecule has 2 rings (SSSR count). The minimum atomic E-state index is -3.66. The first-order valence-electron chi connectivity index (χ1n) is 9.84. The number of benzene rings is 2. The molecule has 0 heterocycles. The lowest BCUT2D eigenvalue weighted by atomic mass is 10.1. The molecule has 0 aliphatic rings. The second kappa shape index (κ2) is 10.9. The van der Waals surface area contributed by atoms with Gasteiger partial charge in [-0.2, -0.15) is 0 Å². The minimum Gasteiger partial charge on any atom is -0.483 e. The second-order valence-corrected chi connectivity index (χ2v) is 9.04. The van der Waals surface area contributed by atoms with Gasteiger partial charge in [-0.3, -0.25) is 4.79 Å². The molecule has 178 valence electrons. The highest BCUT2D eigenvalue weighted by Gasteiger charge is 2.18. The topological polar surface area (TPSA) is 137 Å². The number of carbonyl (C=O) groups excluding carboxylic acids is 3. The van der Waals surface area contributed by atoms with Crippen molar-refractivity contribution in [3.8, 4) is 5.75 Å². The van der Waals surface area contributed by atoms with Crippen molar-refractivity contribution in [1.82, 2.24) is 4.72 Å². The highest BCUT2D eigenvalue weighted by atomic mass is 32.2. The maximum atomic E-state index is 12.4. The normalized spacial score (nSPS) is 11.1. The molecule has 11 heteroatoms. The van der Waals surface area contributed by atoms with Crippen LogP contribution in [0.2, 0.25) is 0 Å². The van der Waals surface area contributed by atoms with E-state index in [0.29, 0.717) is 11.3 Å². The predicted octanol–water partition coefficient (Wildman–Crippen LogP) is 2.27. The van der Waals surface area contributed by atoms with Crippen LogP contribution in [0.3, 0.4) is 0 Å². The quantitative estimate of drug-likeness (QED) is 0.524. The van der Waals surface area contributed by atoms with Crippen molar-refractivity contribution in [3.05, 3.63) is 53.1 Å². The average Bonchev–Trinajstić information content (AvgIpc) is 2.75. The number of hydrogen-bond acceptors (Lipinski definition) is 8. The molecule has 0 aliphatic heterocycles. The van der Waals surface area contributed by atoms with E-state index in [1.54, 1.807) is 20.8 Å². The van der Waals surface area contributed by atoms with Gasteiger partial charge in [0.05, 0.1) is 30.2 Å². The van der Waals surface area contributed by atoms with Crippen LogP contribution in [-0.4, -0.2) is 53.1 Å². The summed E-state index contributed by atoms with van der Waals surface area (Å²) in [6.45, 7) is 4.70. The van der Waals surface area contributed by atoms with Crippen LogP contribution in [0.15, 0.2) is 41.3 Å². The van der Waals surface area contributed by atoms with E-state index in [2.05, 4.69) is 19.5 Å². The van der Waals surface area contributed by atoms with Crippen LogP contribution in [0, 0.1) is 6.92 Å². The van der Waals surface area contributed by atoms with Crippen molar-refractivity contribution in [2.45, 2.75) is 31.7 Å². The van der Waals surface area contributed by atoms with Gasteiger partial charge in [-0.05, 0) is 62.7 Å². The van der Waals surface area contributed by atoms with Crippen molar-refractivity contribution in [2.75, 3.05) is 26.1 Å². The number of sulfonamides is 1. The molecule has 10 nitrogen and oxygen atoms in total. The van der Waals surface area contributed by atoms with Crippen LogP contribution < -0.4 is 14.8 Å². The standard InChI is InChI=1S/C22H26N2O8S/c1-13(2)24-33(28,29)18-6-7-19(14(3)8-18)32-12-20(25)23-17-10-15(21(26)30-4)9-16(11-17)22(27)31-5/h6-11,13,24H,12H2,1-5H3,(H,23,25). The molecule has 1 amide bonds. The molecule has 0 bridgehead atoms. The number of anilines is 1. The molecule has 0 fully saturated rings. The molecule has 2 N–H and O–H groups in total. The molecule has 0 unspecified atom stereocenters. The summed E-state index contributed by atoms with van der Waals surface area (Å²) in [6.07, 6.45) is 0. The summed E-state index contributed by atoms with van der Waals surface area (Å²) >= 11 is 0. The molecule has 0 aromatic heterocycles. The summed E-state index contributed by atoms with van der Waals surface area (Å²) in [4.78, 5) is 36.2. The summed E-state index contributed by atoms with van der Waals surface area (Å²) in [5, 5.41) is 2.54. The van der Waals surface area contributed by atoms with Crippen LogP contribution >= 0.6 is 0 Å². The van der Waals surface area contributed by atoms with Crippen LogP contribution in [0.4, 0.5) is 5.69 Å². The maximum absolute atomic E-state index is 12.4. The molecule has 2 aromatic rings. The summed E-state index contributed by atoms with van der Waals surface area (Å²) in [5.41, 5.74) is 0.804. The molecule has 33 heavy (non-hydrogen) atoms. The van der Waals surface area contributed by atoms with Crippen molar-refractivity contribution in [3.63, 3.8) is 0 Å². The van der Waals surface area contributed by atoms with E-state index < -0.39 is 34.5 Å². The summed E-state index contributed by atoms with van der Waals surface area (Å²) in [6, 6.07) is 8.02. The van der Waals surface area contributed by atoms with E-state index in [-0.39, 0.29) is 27.8 Å². The number of nitrogens with one attached hydrogen (secondary N) is 2.